The second kappa shape index (κ2) is 9.16. The number of ether oxygens (including phenoxy) is 2. The number of aliphatic hydroxyl groups is 1. The van der Waals surface area contributed by atoms with E-state index in [-0.39, 0.29) is 23.9 Å². The molecule has 2 aromatic rings. The molecule has 8 nitrogen and oxygen atoms in total. The molecule has 9 heteroatoms. The fraction of sp³-hybridized carbons (Fsp3) is 0.217. The molecule has 2 heterocycles. The molecule has 0 aromatic heterocycles. The second-order valence-corrected chi connectivity index (χ2v) is 8.25. The van der Waals surface area contributed by atoms with E-state index < -0.39 is 23.4 Å². The van der Waals surface area contributed by atoms with Crippen LogP contribution in [0.5, 0.6) is 0 Å². The lowest BCUT2D eigenvalue weighted by atomic mass is 10.0. The first-order valence-electron chi connectivity index (χ1n) is 9.86. The molecule has 32 heavy (non-hydrogen) atoms. The highest BCUT2D eigenvalue weighted by molar-refractivity contribution is 8.00. The molecule has 1 atom stereocenters. The van der Waals surface area contributed by atoms with E-state index in [4.69, 9.17) is 9.47 Å². The van der Waals surface area contributed by atoms with E-state index in [1.54, 1.807) is 0 Å². The van der Waals surface area contributed by atoms with Gasteiger partial charge in [-0.1, -0.05) is 60.7 Å². The van der Waals surface area contributed by atoms with Gasteiger partial charge in [0.1, 0.15) is 12.3 Å². The molecule has 162 valence electrons. The minimum atomic E-state index is -0.685. The molecule has 4 rings (SSSR count). The second-order valence-electron chi connectivity index (χ2n) is 7.18. The summed E-state index contributed by atoms with van der Waals surface area (Å²) in [5.74, 6) is -1.17. The SMILES string of the molecule is CC(=O)OCC1=C(C(=O)OC(c2ccccc2)c2ccccc2)N2C(O)=C([N+]#N)[C@H]2SC1. The molecule has 0 radical (unpaired) electrons. The minimum Gasteiger partial charge on any atom is -0.489 e. The molecular weight excluding hydrogens is 430 g/mol. The molecule has 0 saturated carbocycles. The van der Waals surface area contributed by atoms with E-state index in [2.05, 4.69) is 4.98 Å². The predicted octanol–water partition coefficient (Wildman–Crippen LogP) is 4.11. The van der Waals surface area contributed by atoms with Crippen molar-refractivity contribution < 1.29 is 24.2 Å². The van der Waals surface area contributed by atoms with E-state index in [9.17, 15) is 20.1 Å². The molecule has 0 fully saturated rings. The molecule has 0 spiro atoms. The number of nitrogens with zero attached hydrogens (tertiary/aromatic N) is 3. The Morgan fingerprint density at radius 2 is 1.75 bits per heavy atom. The average molecular weight is 450 g/mol. The Morgan fingerprint density at radius 3 is 2.28 bits per heavy atom. The van der Waals surface area contributed by atoms with Gasteiger partial charge < -0.3 is 14.6 Å². The Bertz CT molecular complexity index is 1100. The lowest BCUT2D eigenvalue weighted by Gasteiger charge is -2.39. The van der Waals surface area contributed by atoms with Crippen molar-refractivity contribution in [1.29, 1.82) is 5.39 Å². The Labute approximate surface area is 188 Å². The molecule has 0 unspecified atom stereocenters. The molecule has 1 N–H and O–H groups in total. The molecule has 0 saturated heterocycles. The summed E-state index contributed by atoms with van der Waals surface area (Å²) in [6.45, 7) is 1.16. The maximum absolute atomic E-state index is 13.4. The van der Waals surface area contributed by atoms with Crippen LogP contribution in [0.4, 0.5) is 0 Å². The quantitative estimate of drug-likeness (QED) is 0.518. The number of diazo groups is 1. The van der Waals surface area contributed by atoms with Crippen LogP contribution >= 0.6 is 11.8 Å². The number of benzene rings is 2. The molecule has 0 amide bonds. The van der Waals surface area contributed by atoms with Gasteiger partial charge in [-0.25, -0.2) is 4.79 Å². The molecular formula is C23H20N3O5S+. The highest BCUT2D eigenvalue weighted by Gasteiger charge is 2.55. The van der Waals surface area contributed by atoms with Gasteiger partial charge in [0.05, 0.1) is 0 Å². The summed E-state index contributed by atoms with van der Waals surface area (Å²) in [6.07, 6.45) is -0.685. The van der Waals surface area contributed by atoms with Gasteiger partial charge in [-0.2, -0.15) is 0 Å². The zero-order valence-electron chi connectivity index (χ0n) is 17.2. The summed E-state index contributed by atoms with van der Waals surface area (Å²) in [5.41, 5.74) is 2.22. The van der Waals surface area contributed by atoms with Crippen LogP contribution in [0, 0.1) is 5.39 Å². The number of carbonyl (C=O) groups excluding carboxylic acids is 2. The van der Waals surface area contributed by atoms with Crippen molar-refractivity contribution >= 4 is 23.7 Å². The van der Waals surface area contributed by atoms with Crippen LogP contribution in [0.15, 0.2) is 83.5 Å². The van der Waals surface area contributed by atoms with Crippen LogP contribution in [0.25, 0.3) is 4.98 Å². The molecule has 2 aromatic carbocycles. The van der Waals surface area contributed by atoms with Crippen molar-refractivity contribution in [3.8, 4) is 0 Å². The van der Waals surface area contributed by atoms with Crippen molar-refractivity contribution in [2.75, 3.05) is 12.4 Å². The van der Waals surface area contributed by atoms with Gasteiger partial charge in [-0.3, -0.25) is 9.69 Å². The lowest BCUT2D eigenvalue weighted by Crippen LogP contribution is -2.48. The van der Waals surface area contributed by atoms with Gasteiger partial charge in [-0.15, -0.1) is 11.8 Å². The number of fused-ring (bicyclic) bond motifs is 1. The van der Waals surface area contributed by atoms with Crippen molar-refractivity contribution in [1.82, 2.24) is 4.90 Å². The summed E-state index contributed by atoms with van der Waals surface area (Å²) >= 11 is 1.34. The molecule has 0 aliphatic carbocycles. The van der Waals surface area contributed by atoms with E-state index in [0.29, 0.717) is 11.3 Å². The number of thioether (sulfide) groups is 1. The zero-order chi connectivity index (χ0) is 22.7. The first-order chi connectivity index (χ1) is 15.5. The number of hydrogen-bond donors (Lipinski definition) is 1. The maximum atomic E-state index is 13.4. The number of aliphatic hydroxyl groups excluding tert-OH is 1. The number of esters is 2. The summed E-state index contributed by atoms with van der Waals surface area (Å²) < 4.78 is 11.1. The smallest absolute Gasteiger partial charge is 0.453 e. The third-order valence-corrected chi connectivity index (χ3v) is 6.36. The normalized spacial score (nSPS) is 17.4. The van der Waals surface area contributed by atoms with Crippen LogP contribution in [0.2, 0.25) is 0 Å². The number of carbonyl (C=O) groups is 2. The van der Waals surface area contributed by atoms with Crippen molar-refractivity contribution in [2.45, 2.75) is 18.4 Å². The van der Waals surface area contributed by atoms with E-state index in [1.165, 1.54) is 23.6 Å². The first-order valence-corrected chi connectivity index (χ1v) is 10.9. The topological polar surface area (TPSA) is 104 Å². The lowest BCUT2D eigenvalue weighted by molar-refractivity contribution is -0.146. The minimum absolute atomic E-state index is 0.0782. The Hall–Kier alpha value is -3.77. The van der Waals surface area contributed by atoms with Crippen LogP contribution < -0.4 is 0 Å². The average Bonchev–Trinajstić information content (AvgIpc) is 2.81. The van der Waals surface area contributed by atoms with Crippen molar-refractivity contribution in [3.05, 3.63) is 99.6 Å². The maximum Gasteiger partial charge on any atom is 0.453 e. The third-order valence-electron chi connectivity index (χ3n) is 5.10. The van der Waals surface area contributed by atoms with Gasteiger partial charge in [0, 0.05) is 18.2 Å². The zero-order valence-corrected chi connectivity index (χ0v) is 18.0. The summed E-state index contributed by atoms with van der Waals surface area (Å²) in [4.78, 5) is 29.2. The molecule has 2 aliphatic heterocycles. The Kier molecular flexibility index (Phi) is 6.14. The van der Waals surface area contributed by atoms with E-state index >= 15 is 0 Å². The van der Waals surface area contributed by atoms with E-state index in [0.717, 1.165) is 11.1 Å². The largest absolute Gasteiger partial charge is 0.489 e. The monoisotopic (exact) mass is 450 g/mol. The fourth-order valence-corrected chi connectivity index (χ4v) is 4.82. The van der Waals surface area contributed by atoms with Crippen LogP contribution in [-0.2, 0) is 19.1 Å². The van der Waals surface area contributed by atoms with Gasteiger partial charge >= 0.3 is 17.6 Å². The van der Waals surface area contributed by atoms with Gasteiger partial charge in [0.15, 0.2) is 16.5 Å². The highest BCUT2D eigenvalue weighted by atomic mass is 32.2. The summed E-state index contributed by atoms with van der Waals surface area (Å²) in [7, 11) is 0. The van der Waals surface area contributed by atoms with Gasteiger partial charge in [-0.05, 0) is 11.1 Å². The standard InChI is InChI=1S/C23H19N3O5S/c1-14(27)30-12-17-13-32-22-18(25-24)21(28)26(22)19(17)23(29)31-20(15-8-4-2-5-9-15)16-10-6-3-7-11-16/h2-11,20,22H,12-13H2,1H3/p+1/t22-/m1/s1. The molecule has 0 bridgehead atoms. The van der Waals surface area contributed by atoms with Crippen LogP contribution in [-0.4, -0.2) is 39.7 Å². The first kappa shape index (κ1) is 21.5. The highest BCUT2D eigenvalue weighted by Crippen LogP contribution is 2.46. The number of rotatable bonds is 6. The molecule has 2 aliphatic rings. The van der Waals surface area contributed by atoms with Crippen LogP contribution in [0.1, 0.15) is 24.2 Å². The fourth-order valence-electron chi connectivity index (χ4n) is 3.58. The Balaban J connectivity index is 1.71. The van der Waals surface area contributed by atoms with Crippen LogP contribution in [0.3, 0.4) is 0 Å². The summed E-state index contributed by atoms with van der Waals surface area (Å²) in [5, 5.41) is 19.0. The van der Waals surface area contributed by atoms with Gasteiger partial charge in [0.2, 0.25) is 5.39 Å². The summed E-state index contributed by atoms with van der Waals surface area (Å²) in [6, 6.07) is 18.6. The van der Waals surface area contributed by atoms with E-state index in [1.807, 2.05) is 60.7 Å². The van der Waals surface area contributed by atoms with Crippen molar-refractivity contribution in [2.24, 2.45) is 0 Å². The number of hydrogen-bond acceptors (Lipinski definition) is 8. The third kappa shape index (κ3) is 4.05. The van der Waals surface area contributed by atoms with Crippen molar-refractivity contribution in [3.63, 3.8) is 0 Å². The predicted molar refractivity (Wildman–Crippen MR) is 117 cm³/mol. The Morgan fingerprint density at radius 1 is 1.16 bits per heavy atom. The van der Waals surface area contributed by atoms with Gasteiger partial charge in [0.25, 0.3) is 5.88 Å².